The van der Waals surface area contributed by atoms with Crippen LogP contribution in [0.2, 0.25) is 0 Å². The number of aromatic nitrogens is 2. The van der Waals surface area contributed by atoms with Crippen LogP contribution in [0.25, 0.3) is 0 Å². The highest BCUT2D eigenvalue weighted by molar-refractivity contribution is 5.78. The van der Waals surface area contributed by atoms with E-state index in [-0.39, 0.29) is 5.91 Å². The van der Waals surface area contributed by atoms with Gasteiger partial charge in [-0.1, -0.05) is 30.3 Å². The van der Waals surface area contributed by atoms with Gasteiger partial charge in [0.1, 0.15) is 5.82 Å². The van der Waals surface area contributed by atoms with Crippen LogP contribution in [-0.2, 0) is 24.3 Å². The molecule has 0 radical (unpaired) electrons. The molecule has 0 spiro atoms. The third kappa shape index (κ3) is 3.93. The van der Waals surface area contributed by atoms with Crippen LogP contribution in [0.3, 0.4) is 0 Å². The summed E-state index contributed by atoms with van der Waals surface area (Å²) in [4.78, 5) is 21.9. The molecule has 2 aliphatic rings. The van der Waals surface area contributed by atoms with Crippen LogP contribution in [0.15, 0.2) is 42.7 Å². The molecule has 25 heavy (non-hydrogen) atoms. The fraction of sp³-hybridized carbons (Fsp3) is 0.500. The first kappa shape index (κ1) is 16.3. The molecule has 5 heteroatoms. The number of fused-ring (bicyclic) bond motifs is 1. The molecule has 1 fully saturated rings. The summed E-state index contributed by atoms with van der Waals surface area (Å²) in [6.07, 6.45) is 6.99. The Morgan fingerprint density at radius 2 is 1.92 bits per heavy atom. The monoisotopic (exact) mass is 338 g/mol. The molecule has 0 aliphatic carbocycles. The van der Waals surface area contributed by atoms with E-state index < -0.39 is 0 Å². The van der Waals surface area contributed by atoms with Crippen LogP contribution in [0.4, 0.5) is 0 Å². The minimum absolute atomic E-state index is 0.203. The lowest BCUT2D eigenvalue weighted by Gasteiger charge is -2.27. The fourth-order valence-electron chi connectivity index (χ4n) is 4.06. The number of amides is 1. The number of hydrogen-bond donors (Lipinski definition) is 0. The van der Waals surface area contributed by atoms with Gasteiger partial charge >= 0.3 is 0 Å². The molecule has 1 atom stereocenters. The van der Waals surface area contributed by atoms with Crippen LogP contribution < -0.4 is 0 Å². The minimum atomic E-state index is 0.203. The molecule has 0 saturated carbocycles. The van der Waals surface area contributed by atoms with E-state index in [1.807, 2.05) is 41.4 Å². The Morgan fingerprint density at radius 1 is 1.12 bits per heavy atom. The Morgan fingerprint density at radius 3 is 2.72 bits per heavy atom. The topological polar surface area (TPSA) is 41.4 Å². The summed E-state index contributed by atoms with van der Waals surface area (Å²) in [5.41, 5.74) is 1.08. The number of benzene rings is 1. The number of imidazole rings is 1. The van der Waals surface area contributed by atoms with E-state index in [9.17, 15) is 4.79 Å². The lowest BCUT2D eigenvalue weighted by molar-refractivity contribution is -0.131. The quantitative estimate of drug-likeness (QED) is 0.858. The van der Waals surface area contributed by atoms with E-state index in [0.29, 0.717) is 18.9 Å². The maximum absolute atomic E-state index is 12.9. The Balaban J connectivity index is 1.49. The van der Waals surface area contributed by atoms with Crippen molar-refractivity contribution in [3.05, 3.63) is 54.1 Å². The van der Waals surface area contributed by atoms with E-state index >= 15 is 0 Å². The van der Waals surface area contributed by atoms with Crippen LogP contribution in [0.1, 0.15) is 24.2 Å². The number of carbonyl (C=O) groups excluding carboxylic acids is 1. The molecule has 4 rings (SSSR count). The van der Waals surface area contributed by atoms with Gasteiger partial charge < -0.3 is 14.4 Å². The summed E-state index contributed by atoms with van der Waals surface area (Å²) >= 11 is 0. The highest BCUT2D eigenvalue weighted by Gasteiger charge is 2.27. The van der Waals surface area contributed by atoms with Crippen molar-refractivity contribution in [3.8, 4) is 0 Å². The van der Waals surface area contributed by atoms with Crippen molar-refractivity contribution >= 4 is 5.91 Å². The molecule has 1 saturated heterocycles. The smallest absolute Gasteiger partial charge is 0.227 e. The Labute approximate surface area is 149 Å². The zero-order valence-corrected chi connectivity index (χ0v) is 14.7. The van der Waals surface area contributed by atoms with Crippen molar-refractivity contribution in [1.82, 2.24) is 19.4 Å². The molecule has 0 bridgehead atoms. The van der Waals surface area contributed by atoms with E-state index in [1.165, 1.54) is 25.9 Å². The molecule has 1 aromatic heterocycles. The summed E-state index contributed by atoms with van der Waals surface area (Å²) in [6.45, 7) is 5.88. The van der Waals surface area contributed by atoms with Gasteiger partial charge in [-0.25, -0.2) is 4.98 Å². The summed E-state index contributed by atoms with van der Waals surface area (Å²) in [5, 5.41) is 0. The van der Waals surface area contributed by atoms with Crippen LogP contribution in [0.5, 0.6) is 0 Å². The third-order valence-corrected chi connectivity index (χ3v) is 5.33. The zero-order chi connectivity index (χ0) is 17.1. The van der Waals surface area contributed by atoms with Gasteiger partial charge in [-0.05, 0) is 31.5 Å². The zero-order valence-electron chi connectivity index (χ0n) is 14.7. The Kier molecular flexibility index (Phi) is 4.83. The number of hydrogen-bond acceptors (Lipinski definition) is 3. The predicted octanol–water partition coefficient (Wildman–Crippen LogP) is 2.18. The Hall–Kier alpha value is -2.14. The Bertz CT molecular complexity index is 705. The maximum atomic E-state index is 12.9. The molecule has 3 heterocycles. The lowest BCUT2D eigenvalue weighted by Crippen LogP contribution is -2.39. The number of carbonyl (C=O) groups is 1. The van der Waals surface area contributed by atoms with Crippen molar-refractivity contribution in [2.24, 2.45) is 5.92 Å². The summed E-state index contributed by atoms with van der Waals surface area (Å²) in [6, 6.07) is 10.0. The first-order valence-corrected chi connectivity index (χ1v) is 9.32. The van der Waals surface area contributed by atoms with E-state index in [1.54, 1.807) is 0 Å². The summed E-state index contributed by atoms with van der Waals surface area (Å²) in [5.74, 6) is 1.67. The van der Waals surface area contributed by atoms with E-state index in [0.717, 1.165) is 31.0 Å². The van der Waals surface area contributed by atoms with Crippen molar-refractivity contribution in [3.63, 3.8) is 0 Å². The van der Waals surface area contributed by atoms with Crippen molar-refractivity contribution in [2.75, 3.05) is 26.2 Å². The van der Waals surface area contributed by atoms with Crippen molar-refractivity contribution < 1.29 is 4.79 Å². The number of likely N-dealkylation sites (tertiary alicyclic amines) is 1. The predicted molar refractivity (Wildman–Crippen MR) is 97.0 cm³/mol. The van der Waals surface area contributed by atoms with Gasteiger partial charge in [-0.2, -0.15) is 0 Å². The molecule has 132 valence electrons. The van der Waals surface area contributed by atoms with E-state index in [2.05, 4.69) is 20.6 Å². The van der Waals surface area contributed by atoms with Crippen LogP contribution in [0, 0.1) is 5.92 Å². The average Bonchev–Trinajstić information content (AvgIpc) is 3.24. The maximum Gasteiger partial charge on any atom is 0.227 e. The largest absolute Gasteiger partial charge is 0.335 e. The first-order valence-electron chi connectivity index (χ1n) is 9.32. The van der Waals surface area contributed by atoms with Crippen molar-refractivity contribution in [2.45, 2.75) is 32.4 Å². The number of nitrogens with zero attached hydrogens (tertiary/aromatic N) is 4. The van der Waals surface area contributed by atoms with Gasteiger partial charge in [0.25, 0.3) is 0 Å². The van der Waals surface area contributed by atoms with Crippen LogP contribution in [-0.4, -0.2) is 51.4 Å². The summed E-state index contributed by atoms with van der Waals surface area (Å²) in [7, 11) is 0. The van der Waals surface area contributed by atoms with Gasteiger partial charge in [0.2, 0.25) is 5.91 Å². The first-order chi connectivity index (χ1) is 12.3. The minimum Gasteiger partial charge on any atom is -0.335 e. The van der Waals surface area contributed by atoms with Gasteiger partial charge in [-0.15, -0.1) is 0 Å². The van der Waals surface area contributed by atoms with Gasteiger partial charge in [0.15, 0.2) is 0 Å². The molecule has 2 aliphatic heterocycles. The fourth-order valence-corrected chi connectivity index (χ4v) is 4.06. The molecule has 5 nitrogen and oxygen atoms in total. The second-order valence-corrected chi connectivity index (χ2v) is 7.31. The molecular weight excluding hydrogens is 312 g/mol. The molecule has 0 N–H and O–H groups in total. The average molecular weight is 338 g/mol. The molecule has 1 aromatic carbocycles. The highest BCUT2D eigenvalue weighted by Crippen LogP contribution is 2.19. The lowest BCUT2D eigenvalue weighted by atomic mass is 10.1. The standard InChI is InChI=1S/C20H26N4O/c25-20(12-17-6-2-1-3-7-17)24-15-18(13-22-9-4-5-10-22)14-23-11-8-21-19(23)16-24/h1-3,6-8,11,18H,4-5,9-10,12-16H2. The van der Waals surface area contributed by atoms with Crippen molar-refractivity contribution in [1.29, 1.82) is 0 Å². The molecule has 1 unspecified atom stereocenters. The molecule has 1 amide bonds. The van der Waals surface area contributed by atoms with Gasteiger partial charge in [0, 0.05) is 37.9 Å². The molecular formula is C20H26N4O. The summed E-state index contributed by atoms with van der Waals surface area (Å²) < 4.78 is 2.23. The third-order valence-electron chi connectivity index (χ3n) is 5.33. The normalized spacial score (nSPS) is 21.1. The van der Waals surface area contributed by atoms with E-state index in [4.69, 9.17) is 0 Å². The molecule has 2 aromatic rings. The van der Waals surface area contributed by atoms with Crippen LogP contribution >= 0.6 is 0 Å². The second kappa shape index (κ2) is 7.40. The SMILES string of the molecule is O=C(Cc1ccccc1)N1Cc2nccn2CC(CN2CCCC2)C1. The van der Waals surface area contributed by atoms with Gasteiger partial charge in [0.05, 0.1) is 13.0 Å². The van der Waals surface area contributed by atoms with Gasteiger partial charge in [-0.3, -0.25) is 4.79 Å². The highest BCUT2D eigenvalue weighted by atomic mass is 16.2. The second-order valence-electron chi connectivity index (χ2n) is 7.31. The number of rotatable bonds is 4.